The average molecular weight is 265 g/mol. The van der Waals surface area contributed by atoms with E-state index >= 15 is 0 Å². The van der Waals surface area contributed by atoms with E-state index in [1.807, 2.05) is 37.3 Å². The average Bonchev–Trinajstić information content (AvgIpc) is 2.92. The Balaban J connectivity index is 2.00. The molecule has 1 aromatic heterocycles. The highest BCUT2D eigenvalue weighted by atomic mass is 35.5. The second-order valence-corrected chi connectivity index (χ2v) is 4.31. The minimum Gasteiger partial charge on any atom is -0.345 e. The molecule has 2 rings (SSSR count). The zero-order valence-electron chi connectivity index (χ0n) is 9.80. The number of hydrogen-bond acceptors (Lipinski definition) is 3. The molecule has 0 bridgehead atoms. The van der Waals surface area contributed by atoms with E-state index < -0.39 is 5.38 Å². The van der Waals surface area contributed by atoms with Crippen LogP contribution in [0.3, 0.4) is 0 Å². The molecule has 0 aliphatic heterocycles. The fourth-order valence-electron chi connectivity index (χ4n) is 1.55. The van der Waals surface area contributed by atoms with Crippen molar-refractivity contribution in [2.24, 2.45) is 0 Å². The van der Waals surface area contributed by atoms with Crippen molar-refractivity contribution in [1.29, 1.82) is 0 Å². The van der Waals surface area contributed by atoms with Crippen molar-refractivity contribution in [1.82, 2.24) is 20.5 Å². The Bertz CT molecular complexity index is 500. The molecule has 94 valence electrons. The summed E-state index contributed by atoms with van der Waals surface area (Å²) in [6.45, 7) is 1.81. The number of alkyl halides is 1. The van der Waals surface area contributed by atoms with Crippen LogP contribution in [0.4, 0.5) is 0 Å². The minimum absolute atomic E-state index is 0.258. The number of halogens is 1. The van der Waals surface area contributed by atoms with Gasteiger partial charge in [-0.25, -0.2) is 4.98 Å². The molecule has 18 heavy (non-hydrogen) atoms. The van der Waals surface area contributed by atoms with Gasteiger partial charge in [0.15, 0.2) is 0 Å². The Kier molecular flexibility index (Phi) is 3.94. The van der Waals surface area contributed by atoms with Gasteiger partial charge in [0.05, 0.1) is 6.04 Å². The lowest BCUT2D eigenvalue weighted by atomic mass is 10.1. The number of carbonyl (C=O) groups excluding carboxylic acids is 1. The largest absolute Gasteiger partial charge is 0.345 e. The summed E-state index contributed by atoms with van der Waals surface area (Å²) < 4.78 is 0. The van der Waals surface area contributed by atoms with Crippen molar-refractivity contribution < 1.29 is 4.79 Å². The van der Waals surface area contributed by atoms with Crippen LogP contribution < -0.4 is 5.32 Å². The number of nitrogens with one attached hydrogen (secondary N) is 2. The van der Waals surface area contributed by atoms with Gasteiger partial charge in [0.1, 0.15) is 17.5 Å². The lowest BCUT2D eigenvalue weighted by molar-refractivity contribution is -0.121. The van der Waals surface area contributed by atoms with Crippen molar-refractivity contribution in [3.8, 4) is 0 Å². The third-order valence-electron chi connectivity index (χ3n) is 2.52. The van der Waals surface area contributed by atoms with Crippen LogP contribution in [0.2, 0.25) is 0 Å². The highest BCUT2D eigenvalue weighted by molar-refractivity contribution is 6.30. The summed E-state index contributed by atoms with van der Waals surface area (Å²) in [7, 11) is 0. The summed E-state index contributed by atoms with van der Waals surface area (Å²) in [5.41, 5.74) is 0.765. The van der Waals surface area contributed by atoms with E-state index in [1.165, 1.54) is 6.33 Å². The molecule has 0 spiro atoms. The summed E-state index contributed by atoms with van der Waals surface area (Å²) >= 11 is 6.10. The number of benzene rings is 1. The number of H-pyrrole nitrogens is 1. The molecular weight excluding hydrogens is 252 g/mol. The predicted molar refractivity (Wildman–Crippen MR) is 68.0 cm³/mol. The van der Waals surface area contributed by atoms with E-state index in [-0.39, 0.29) is 11.9 Å². The van der Waals surface area contributed by atoms with Gasteiger partial charge in [-0.1, -0.05) is 30.3 Å². The van der Waals surface area contributed by atoms with Gasteiger partial charge >= 0.3 is 0 Å². The summed E-state index contributed by atoms with van der Waals surface area (Å²) in [6.07, 6.45) is 1.40. The highest BCUT2D eigenvalue weighted by Gasteiger charge is 2.20. The highest BCUT2D eigenvalue weighted by Crippen LogP contribution is 2.21. The standard InChI is InChI=1S/C12H13ClN4O/c1-8(11-14-7-15-17-11)16-12(18)10(13)9-5-3-2-4-6-9/h2-8,10H,1H3,(H,16,18)(H,14,15,17). The molecule has 2 unspecified atom stereocenters. The van der Waals surface area contributed by atoms with Gasteiger partial charge in [-0.2, -0.15) is 5.10 Å². The van der Waals surface area contributed by atoms with Gasteiger partial charge in [-0.3, -0.25) is 9.89 Å². The van der Waals surface area contributed by atoms with E-state index in [0.717, 1.165) is 5.56 Å². The van der Waals surface area contributed by atoms with Crippen LogP contribution in [0.1, 0.15) is 29.7 Å². The monoisotopic (exact) mass is 264 g/mol. The minimum atomic E-state index is -0.712. The van der Waals surface area contributed by atoms with Crippen molar-refractivity contribution in [2.75, 3.05) is 0 Å². The zero-order chi connectivity index (χ0) is 13.0. The molecule has 6 heteroatoms. The van der Waals surface area contributed by atoms with Gasteiger partial charge in [0, 0.05) is 0 Å². The second-order valence-electron chi connectivity index (χ2n) is 3.87. The summed E-state index contributed by atoms with van der Waals surface area (Å²) in [6, 6.07) is 8.94. The molecule has 0 fully saturated rings. The topological polar surface area (TPSA) is 70.7 Å². The molecule has 0 aliphatic carbocycles. The normalized spacial score (nSPS) is 13.9. The lowest BCUT2D eigenvalue weighted by Crippen LogP contribution is -2.30. The number of aromatic amines is 1. The van der Waals surface area contributed by atoms with Gasteiger partial charge < -0.3 is 5.32 Å². The molecule has 5 nitrogen and oxygen atoms in total. The first kappa shape index (κ1) is 12.6. The molecule has 0 saturated heterocycles. The molecular formula is C12H13ClN4O. The fourth-order valence-corrected chi connectivity index (χ4v) is 1.76. The maximum atomic E-state index is 11.9. The Morgan fingerprint density at radius 3 is 2.72 bits per heavy atom. The molecule has 0 radical (unpaired) electrons. The second kappa shape index (κ2) is 5.64. The van der Waals surface area contributed by atoms with E-state index in [2.05, 4.69) is 20.5 Å². The SMILES string of the molecule is CC(NC(=O)C(Cl)c1ccccc1)c1ncn[nH]1. The van der Waals surface area contributed by atoms with Gasteiger partial charge in [0.2, 0.25) is 5.91 Å². The molecule has 2 atom stereocenters. The van der Waals surface area contributed by atoms with Crippen LogP contribution >= 0.6 is 11.6 Å². The third kappa shape index (κ3) is 2.87. The van der Waals surface area contributed by atoms with Gasteiger partial charge in [-0.05, 0) is 12.5 Å². The Morgan fingerprint density at radius 2 is 2.11 bits per heavy atom. The Morgan fingerprint density at radius 1 is 1.39 bits per heavy atom. The van der Waals surface area contributed by atoms with Crippen molar-refractivity contribution >= 4 is 17.5 Å². The van der Waals surface area contributed by atoms with Crippen LogP contribution in [0.15, 0.2) is 36.7 Å². The Hall–Kier alpha value is -1.88. The van der Waals surface area contributed by atoms with Crippen LogP contribution in [0.5, 0.6) is 0 Å². The van der Waals surface area contributed by atoms with E-state index in [4.69, 9.17) is 11.6 Å². The van der Waals surface area contributed by atoms with Crippen LogP contribution in [0, 0.1) is 0 Å². The third-order valence-corrected chi connectivity index (χ3v) is 2.98. The smallest absolute Gasteiger partial charge is 0.243 e. The molecule has 1 amide bonds. The molecule has 0 aliphatic rings. The predicted octanol–water partition coefficient (Wildman–Crippen LogP) is 1.96. The van der Waals surface area contributed by atoms with E-state index in [0.29, 0.717) is 5.82 Å². The van der Waals surface area contributed by atoms with E-state index in [1.54, 1.807) is 0 Å². The number of carbonyl (C=O) groups is 1. The first-order valence-electron chi connectivity index (χ1n) is 5.53. The molecule has 2 aromatic rings. The van der Waals surface area contributed by atoms with Crippen LogP contribution in [-0.4, -0.2) is 21.1 Å². The van der Waals surface area contributed by atoms with Crippen LogP contribution in [-0.2, 0) is 4.79 Å². The van der Waals surface area contributed by atoms with Crippen molar-refractivity contribution in [3.63, 3.8) is 0 Å². The first-order chi connectivity index (χ1) is 8.68. The van der Waals surface area contributed by atoms with Crippen LogP contribution in [0.25, 0.3) is 0 Å². The summed E-state index contributed by atoms with van der Waals surface area (Å²) in [5.74, 6) is 0.340. The summed E-state index contributed by atoms with van der Waals surface area (Å²) in [5, 5.41) is 8.50. The molecule has 2 N–H and O–H groups in total. The molecule has 0 saturated carbocycles. The quantitative estimate of drug-likeness (QED) is 0.830. The van der Waals surface area contributed by atoms with Gasteiger partial charge in [0.25, 0.3) is 0 Å². The number of hydrogen-bond donors (Lipinski definition) is 2. The first-order valence-corrected chi connectivity index (χ1v) is 5.97. The maximum absolute atomic E-state index is 11.9. The fraction of sp³-hybridized carbons (Fsp3) is 0.250. The van der Waals surface area contributed by atoms with Crippen molar-refractivity contribution in [3.05, 3.63) is 48.0 Å². The number of aromatic nitrogens is 3. The lowest BCUT2D eigenvalue weighted by Gasteiger charge is -2.14. The van der Waals surface area contributed by atoms with Gasteiger partial charge in [-0.15, -0.1) is 11.6 Å². The number of amides is 1. The van der Waals surface area contributed by atoms with Crippen molar-refractivity contribution in [2.45, 2.75) is 18.3 Å². The molecule has 1 aromatic carbocycles. The zero-order valence-corrected chi connectivity index (χ0v) is 10.6. The van der Waals surface area contributed by atoms with E-state index in [9.17, 15) is 4.79 Å². The maximum Gasteiger partial charge on any atom is 0.243 e. The molecule has 1 heterocycles. The number of rotatable bonds is 4. The Labute approximate surface area is 110 Å². The number of nitrogens with zero attached hydrogens (tertiary/aromatic N) is 2. The summed E-state index contributed by atoms with van der Waals surface area (Å²) in [4.78, 5) is 15.9.